The second kappa shape index (κ2) is 7.75. The largest absolute Gasteiger partial charge is 0.337 e. The van der Waals surface area contributed by atoms with Crippen molar-refractivity contribution < 1.29 is 4.79 Å². The third-order valence-corrected chi connectivity index (χ3v) is 6.07. The molecule has 0 unspecified atom stereocenters. The Kier molecular flexibility index (Phi) is 4.79. The molecule has 4 aromatic rings. The molecule has 0 saturated heterocycles. The third kappa shape index (κ3) is 3.26. The summed E-state index contributed by atoms with van der Waals surface area (Å²) in [6.45, 7) is 0.463. The van der Waals surface area contributed by atoms with Gasteiger partial charge in [0.15, 0.2) is 0 Å². The SMILES string of the molecule is Cn1ccnc1CN(C(=O)c1cccc2cccnc12)[C@@H]1CCCc2ccccc21. The van der Waals surface area contributed by atoms with Gasteiger partial charge >= 0.3 is 0 Å². The van der Waals surface area contributed by atoms with Crippen molar-refractivity contribution in [3.63, 3.8) is 0 Å². The van der Waals surface area contributed by atoms with Crippen LogP contribution in [0.25, 0.3) is 10.9 Å². The van der Waals surface area contributed by atoms with E-state index in [1.54, 1.807) is 12.4 Å². The minimum Gasteiger partial charge on any atom is -0.337 e. The molecule has 0 fully saturated rings. The van der Waals surface area contributed by atoms with Crippen molar-refractivity contribution in [1.82, 2.24) is 19.4 Å². The Labute approximate surface area is 176 Å². The van der Waals surface area contributed by atoms with Crippen LogP contribution < -0.4 is 0 Å². The molecule has 1 aliphatic carbocycles. The third-order valence-electron chi connectivity index (χ3n) is 6.07. The van der Waals surface area contributed by atoms with E-state index in [0.717, 1.165) is 36.0 Å². The fourth-order valence-corrected chi connectivity index (χ4v) is 4.51. The Morgan fingerprint density at radius 3 is 2.80 bits per heavy atom. The van der Waals surface area contributed by atoms with Crippen LogP contribution in [0.3, 0.4) is 0 Å². The average molecular weight is 396 g/mol. The van der Waals surface area contributed by atoms with Gasteiger partial charge in [-0.3, -0.25) is 9.78 Å². The van der Waals surface area contributed by atoms with Gasteiger partial charge in [0.25, 0.3) is 5.91 Å². The standard InChI is InChI=1S/C25H24N4O/c1-28-16-15-26-23(28)17-29(22-13-5-8-18-7-2-3-11-20(18)22)25(30)21-12-4-9-19-10-6-14-27-24(19)21/h2-4,6-7,9-12,14-16,22H,5,8,13,17H2,1H3/t22-/m1/s1. The first-order chi connectivity index (χ1) is 14.7. The van der Waals surface area contributed by atoms with E-state index in [-0.39, 0.29) is 11.9 Å². The highest BCUT2D eigenvalue weighted by atomic mass is 16.2. The summed E-state index contributed by atoms with van der Waals surface area (Å²) in [4.78, 5) is 25.0. The molecule has 2 heterocycles. The number of carbonyl (C=O) groups excluding carboxylic acids is 1. The fraction of sp³-hybridized carbons (Fsp3) is 0.240. The summed E-state index contributed by atoms with van der Waals surface area (Å²) >= 11 is 0. The first kappa shape index (κ1) is 18.6. The molecule has 2 aromatic carbocycles. The zero-order chi connectivity index (χ0) is 20.5. The number of aromatic nitrogens is 3. The molecule has 5 heteroatoms. The van der Waals surface area contributed by atoms with Gasteiger partial charge in [0.1, 0.15) is 5.82 Å². The first-order valence-electron chi connectivity index (χ1n) is 10.4. The van der Waals surface area contributed by atoms with Gasteiger partial charge in [-0.05, 0) is 42.5 Å². The number of carbonyl (C=O) groups is 1. The number of benzene rings is 2. The van der Waals surface area contributed by atoms with Crippen LogP contribution in [0.15, 0.2) is 73.2 Å². The lowest BCUT2D eigenvalue weighted by atomic mass is 9.86. The second-order valence-corrected chi connectivity index (χ2v) is 7.87. The van der Waals surface area contributed by atoms with E-state index < -0.39 is 0 Å². The van der Waals surface area contributed by atoms with Crippen LogP contribution in [-0.2, 0) is 20.0 Å². The minimum atomic E-state index is 0.00371. The van der Waals surface area contributed by atoms with Crippen molar-refractivity contribution in [2.45, 2.75) is 31.8 Å². The highest BCUT2D eigenvalue weighted by Crippen LogP contribution is 2.36. The molecule has 1 aliphatic rings. The van der Waals surface area contributed by atoms with Gasteiger partial charge in [-0.2, -0.15) is 0 Å². The Morgan fingerprint density at radius 2 is 1.93 bits per heavy atom. The maximum Gasteiger partial charge on any atom is 0.256 e. The molecular weight excluding hydrogens is 372 g/mol. The molecule has 150 valence electrons. The Bertz CT molecular complexity index is 1210. The maximum absolute atomic E-state index is 14.0. The van der Waals surface area contributed by atoms with Gasteiger partial charge in [0.2, 0.25) is 0 Å². The summed E-state index contributed by atoms with van der Waals surface area (Å²) in [6, 6.07) is 18.3. The normalized spacial score (nSPS) is 15.7. The van der Waals surface area contributed by atoms with Crippen LogP contribution in [0, 0.1) is 0 Å². The number of amides is 1. The number of rotatable bonds is 4. The Morgan fingerprint density at radius 1 is 1.07 bits per heavy atom. The van der Waals surface area contributed by atoms with E-state index >= 15 is 0 Å². The summed E-state index contributed by atoms with van der Waals surface area (Å²) in [5.74, 6) is 0.878. The molecule has 2 aromatic heterocycles. The van der Waals surface area contributed by atoms with Crippen molar-refractivity contribution in [3.05, 3.63) is 95.7 Å². The van der Waals surface area contributed by atoms with Gasteiger partial charge in [-0.15, -0.1) is 0 Å². The number of para-hydroxylation sites is 1. The van der Waals surface area contributed by atoms with Gasteiger partial charge in [-0.1, -0.05) is 42.5 Å². The topological polar surface area (TPSA) is 51.0 Å². The second-order valence-electron chi connectivity index (χ2n) is 7.87. The van der Waals surface area contributed by atoms with Gasteiger partial charge in [0.05, 0.1) is 23.7 Å². The predicted octanol–water partition coefficient (Wildman–Crippen LogP) is 4.69. The summed E-state index contributed by atoms with van der Waals surface area (Å²) in [5.41, 5.74) is 3.98. The molecule has 5 rings (SSSR count). The summed E-state index contributed by atoms with van der Waals surface area (Å²) in [5, 5.41) is 0.976. The Hall–Kier alpha value is -3.47. The van der Waals surface area contributed by atoms with Crippen LogP contribution in [-0.4, -0.2) is 25.3 Å². The molecule has 5 nitrogen and oxygen atoms in total. The zero-order valence-corrected chi connectivity index (χ0v) is 17.0. The molecular formula is C25H24N4O. The number of imidazole rings is 1. The molecule has 0 spiro atoms. The summed E-state index contributed by atoms with van der Waals surface area (Å²) in [7, 11) is 1.97. The molecule has 30 heavy (non-hydrogen) atoms. The molecule has 0 bridgehead atoms. The van der Waals surface area contributed by atoms with E-state index in [1.165, 1.54) is 11.1 Å². The predicted molar refractivity (Wildman–Crippen MR) is 117 cm³/mol. The average Bonchev–Trinajstić information content (AvgIpc) is 3.20. The van der Waals surface area contributed by atoms with E-state index in [9.17, 15) is 4.79 Å². The van der Waals surface area contributed by atoms with Crippen LogP contribution in [0.4, 0.5) is 0 Å². The summed E-state index contributed by atoms with van der Waals surface area (Å²) in [6.07, 6.45) is 8.54. The van der Waals surface area contributed by atoms with Gasteiger partial charge in [-0.25, -0.2) is 4.98 Å². The number of hydrogen-bond acceptors (Lipinski definition) is 3. The van der Waals surface area contributed by atoms with Crippen LogP contribution in [0.1, 0.15) is 46.2 Å². The summed E-state index contributed by atoms with van der Waals surface area (Å²) < 4.78 is 1.98. The monoisotopic (exact) mass is 396 g/mol. The van der Waals surface area contributed by atoms with E-state index in [4.69, 9.17) is 0 Å². The van der Waals surface area contributed by atoms with Crippen molar-refractivity contribution in [2.24, 2.45) is 7.05 Å². The molecule has 0 N–H and O–H groups in total. The lowest BCUT2D eigenvalue weighted by molar-refractivity contribution is 0.0632. The number of aryl methyl sites for hydroxylation is 2. The smallest absolute Gasteiger partial charge is 0.256 e. The van der Waals surface area contributed by atoms with Crippen molar-refractivity contribution in [2.75, 3.05) is 0 Å². The maximum atomic E-state index is 14.0. The quantitative estimate of drug-likeness (QED) is 0.503. The van der Waals surface area contributed by atoms with E-state index in [2.05, 4.69) is 34.2 Å². The van der Waals surface area contributed by atoms with Crippen molar-refractivity contribution in [1.29, 1.82) is 0 Å². The van der Waals surface area contributed by atoms with Crippen molar-refractivity contribution >= 4 is 16.8 Å². The number of nitrogens with zero attached hydrogens (tertiary/aromatic N) is 4. The van der Waals surface area contributed by atoms with Crippen LogP contribution in [0.2, 0.25) is 0 Å². The molecule has 1 amide bonds. The number of fused-ring (bicyclic) bond motifs is 2. The van der Waals surface area contributed by atoms with Gasteiger partial charge < -0.3 is 9.47 Å². The molecule has 0 aliphatic heterocycles. The highest BCUT2D eigenvalue weighted by molar-refractivity contribution is 6.05. The number of hydrogen-bond donors (Lipinski definition) is 0. The zero-order valence-electron chi connectivity index (χ0n) is 17.0. The lowest BCUT2D eigenvalue weighted by Crippen LogP contribution is -2.37. The molecule has 1 atom stereocenters. The van der Waals surface area contributed by atoms with Crippen LogP contribution >= 0.6 is 0 Å². The first-order valence-corrected chi connectivity index (χ1v) is 10.4. The molecule has 0 radical (unpaired) electrons. The van der Waals surface area contributed by atoms with E-state index in [1.807, 2.05) is 53.0 Å². The Balaban J connectivity index is 1.61. The van der Waals surface area contributed by atoms with E-state index in [0.29, 0.717) is 12.1 Å². The highest BCUT2D eigenvalue weighted by Gasteiger charge is 2.31. The van der Waals surface area contributed by atoms with Crippen molar-refractivity contribution in [3.8, 4) is 0 Å². The van der Waals surface area contributed by atoms with Gasteiger partial charge in [0, 0.05) is 31.0 Å². The van der Waals surface area contributed by atoms with Crippen LogP contribution in [0.5, 0.6) is 0 Å². The lowest BCUT2D eigenvalue weighted by Gasteiger charge is -2.36. The fourth-order valence-electron chi connectivity index (χ4n) is 4.51. The molecule has 0 saturated carbocycles. The number of pyridine rings is 1. The minimum absolute atomic E-state index is 0.00371.